The van der Waals surface area contributed by atoms with E-state index in [4.69, 9.17) is 21.1 Å². The first-order valence-electron chi connectivity index (χ1n) is 8.05. The zero-order valence-electron chi connectivity index (χ0n) is 13.5. The number of rotatable bonds is 5. The lowest BCUT2D eigenvalue weighted by molar-refractivity contribution is 0.0673. The van der Waals surface area contributed by atoms with Crippen LogP contribution in [-0.4, -0.2) is 25.2 Å². The Balaban J connectivity index is 1.73. The molecule has 2 aromatic carbocycles. The lowest BCUT2D eigenvalue weighted by Crippen LogP contribution is -2.19. The topological polar surface area (TPSA) is 47.6 Å². The van der Waals surface area contributed by atoms with E-state index in [0.717, 1.165) is 25.0 Å². The van der Waals surface area contributed by atoms with Gasteiger partial charge in [-0.3, -0.25) is 4.79 Å². The lowest BCUT2D eigenvalue weighted by atomic mass is 10.1. The van der Waals surface area contributed by atoms with Crippen LogP contribution in [0.2, 0.25) is 5.02 Å². The van der Waals surface area contributed by atoms with Crippen LogP contribution in [0.1, 0.15) is 28.8 Å². The predicted octanol–water partition coefficient (Wildman–Crippen LogP) is 4.46. The molecule has 0 spiro atoms. The molecule has 0 aliphatic carbocycles. The normalized spacial score (nSPS) is 16.8. The highest BCUT2D eigenvalue weighted by atomic mass is 35.5. The van der Waals surface area contributed by atoms with Crippen LogP contribution >= 0.6 is 11.6 Å². The van der Waals surface area contributed by atoms with Gasteiger partial charge in [0.2, 0.25) is 0 Å². The Morgan fingerprint density at radius 2 is 2.12 bits per heavy atom. The molecule has 1 aliphatic heterocycles. The third-order valence-electron chi connectivity index (χ3n) is 4.10. The highest BCUT2D eigenvalue weighted by Gasteiger charge is 2.18. The van der Waals surface area contributed by atoms with Gasteiger partial charge in [-0.1, -0.05) is 29.8 Å². The number of benzene rings is 2. The van der Waals surface area contributed by atoms with Crippen LogP contribution in [0.4, 0.5) is 5.69 Å². The first-order chi connectivity index (χ1) is 11.6. The summed E-state index contributed by atoms with van der Waals surface area (Å²) < 4.78 is 11.4. The number of halogens is 1. The fourth-order valence-electron chi connectivity index (χ4n) is 2.67. The third-order valence-corrected chi connectivity index (χ3v) is 4.51. The summed E-state index contributed by atoms with van der Waals surface area (Å²) in [5.41, 5.74) is 2.03. The monoisotopic (exact) mass is 345 g/mol. The molecule has 3 rings (SSSR count). The summed E-state index contributed by atoms with van der Waals surface area (Å²) in [5, 5.41) is 3.52. The van der Waals surface area contributed by atoms with Gasteiger partial charge in [-0.05, 0) is 49.6 Å². The number of hydrogen-bond acceptors (Lipinski definition) is 3. The Hall–Kier alpha value is -2.04. The van der Waals surface area contributed by atoms with Gasteiger partial charge >= 0.3 is 0 Å². The zero-order chi connectivity index (χ0) is 16.9. The summed E-state index contributed by atoms with van der Waals surface area (Å²) in [6, 6.07) is 12.7. The van der Waals surface area contributed by atoms with Crippen molar-refractivity contribution in [1.29, 1.82) is 0 Å². The van der Waals surface area contributed by atoms with E-state index in [1.54, 1.807) is 18.2 Å². The van der Waals surface area contributed by atoms with E-state index in [2.05, 4.69) is 5.32 Å². The maximum absolute atomic E-state index is 12.6. The Morgan fingerprint density at radius 1 is 1.29 bits per heavy atom. The highest BCUT2D eigenvalue weighted by molar-refractivity contribution is 6.31. The van der Waals surface area contributed by atoms with Crippen molar-refractivity contribution >= 4 is 23.2 Å². The van der Waals surface area contributed by atoms with Crippen LogP contribution in [-0.2, 0) is 4.74 Å². The molecule has 1 unspecified atom stereocenters. The van der Waals surface area contributed by atoms with Crippen LogP contribution in [0.25, 0.3) is 0 Å². The molecule has 1 amide bonds. The summed E-state index contributed by atoms with van der Waals surface area (Å²) in [5.74, 6) is 0.341. The van der Waals surface area contributed by atoms with E-state index >= 15 is 0 Å². The average molecular weight is 346 g/mol. The Bertz CT molecular complexity index is 726. The van der Waals surface area contributed by atoms with Gasteiger partial charge in [0.05, 0.1) is 11.7 Å². The Labute approximate surface area is 146 Å². The lowest BCUT2D eigenvalue weighted by Gasteiger charge is -2.15. The maximum Gasteiger partial charge on any atom is 0.259 e. The standard InChI is InChI=1S/C19H20ClNO3/c1-13-16(20)8-4-9-17(13)21-19(22)15-7-2-3-10-18(15)24-12-14-6-5-11-23-14/h2-4,7-10,14H,5-6,11-12H2,1H3,(H,21,22). The van der Waals surface area contributed by atoms with Gasteiger partial charge in [0, 0.05) is 17.3 Å². The number of anilines is 1. The molecule has 1 aliphatic rings. The van der Waals surface area contributed by atoms with Gasteiger partial charge in [0.1, 0.15) is 12.4 Å². The second-order valence-electron chi connectivity index (χ2n) is 5.81. The minimum absolute atomic E-state index is 0.108. The first kappa shape index (κ1) is 16.8. The van der Waals surface area contributed by atoms with Crippen molar-refractivity contribution in [3.63, 3.8) is 0 Å². The third kappa shape index (κ3) is 3.89. The number of amides is 1. The summed E-state index contributed by atoms with van der Waals surface area (Å²) in [4.78, 5) is 12.6. The predicted molar refractivity (Wildman–Crippen MR) is 95.1 cm³/mol. The van der Waals surface area contributed by atoms with Gasteiger partial charge in [-0.2, -0.15) is 0 Å². The Morgan fingerprint density at radius 3 is 2.92 bits per heavy atom. The van der Waals surface area contributed by atoms with Crippen molar-refractivity contribution in [3.05, 3.63) is 58.6 Å². The van der Waals surface area contributed by atoms with E-state index in [0.29, 0.717) is 28.6 Å². The van der Waals surface area contributed by atoms with Gasteiger partial charge in [-0.25, -0.2) is 0 Å². The zero-order valence-corrected chi connectivity index (χ0v) is 14.3. The fraction of sp³-hybridized carbons (Fsp3) is 0.316. The molecule has 1 N–H and O–H groups in total. The van der Waals surface area contributed by atoms with Crippen LogP contribution < -0.4 is 10.1 Å². The van der Waals surface area contributed by atoms with E-state index in [9.17, 15) is 4.79 Å². The molecule has 5 heteroatoms. The highest BCUT2D eigenvalue weighted by Crippen LogP contribution is 2.25. The second-order valence-corrected chi connectivity index (χ2v) is 6.22. The van der Waals surface area contributed by atoms with Crippen molar-refractivity contribution < 1.29 is 14.3 Å². The molecule has 0 aromatic heterocycles. The molecular weight excluding hydrogens is 326 g/mol. The van der Waals surface area contributed by atoms with Crippen LogP contribution in [0.5, 0.6) is 5.75 Å². The van der Waals surface area contributed by atoms with Gasteiger partial charge in [0.15, 0.2) is 0 Å². The number of nitrogens with one attached hydrogen (secondary N) is 1. The van der Waals surface area contributed by atoms with Crippen molar-refractivity contribution in [2.45, 2.75) is 25.9 Å². The van der Waals surface area contributed by atoms with Crippen molar-refractivity contribution in [2.24, 2.45) is 0 Å². The number of hydrogen-bond donors (Lipinski definition) is 1. The molecule has 1 heterocycles. The minimum Gasteiger partial charge on any atom is -0.490 e. The molecule has 0 saturated carbocycles. The van der Waals surface area contributed by atoms with Crippen molar-refractivity contribution in [2.75, 3.05) is 18.5 Å². The molecule has 126 valence electrons. The van der Waals surface area contributed by atoms with Crippen LogP contribution in [0.3, 0.4) is 0 Å². The number of carbonyl (C=O) groups excluding carboxylic acids is 1. The number of ether oxygens (including phenoxy) is 2. The molecule has 2 aromatic rings. The van der Waals surface area contributed by atoms with Crippen molar-refractivity contribution in [3.8, 4) is 5.75 Å². The van der Waals surface area contributed by atoms with Gasteiger partial charge in [0.25, 0.3) is 5.91 Å². The molecule has 4 nitrogen and oxygen atoms in total. The molecular formula is C19H20ClNO3. The minimum atomic E-state index is -0.219. The van der Waals surface area contributed by atoms with Crippen LogP contribution in [0.15, 0.2) is 42.5 Å². The largest absolute Gasteiger partial charge is 0.490 e. The average Bonchev–Trinajstić information content (AvgIpc) is 3.11. The van der Waals surface area contributed by atoms with E-state index in [1.165, 1.54) is 0 Å². The Kier molecular flexibility index (Phi) is 5.38. The molecule has 0 radical (unpaired) electrons. The fourth-order valence-corrected chi connectivity index (χ4v) is 2.85. The number of carbonyl (C=O) groups is 1. The quantitative estimate of drug-likeness (QED) is 0.870. The summed E-state index contributed by atoms with van der Waals surface area (Å²) >= 11 is 6.11. The van der Waals surface area contributed by atoms with Crippen molar-refractivity contribution in [1.82, 2.24) is 0 Å². The summed E-state index contributed by atoms with van der Waals surface area (Å²) in [6.45, 7) is 3.11. The SMILES string of the molecule is Cc1c(Cl)cccc1NC(=O)c1ccccc1OCC1CCCO1. The summed E-state index contributed by atoms with van der Waals surface area (Å²) in [6.07, 6.45) is 2.16. The first-order valence-corrected chi connectivity index (χ1v) is 8.43. The molecule has 1 atom stereocenters. The van der Waals surface area contributed by atoms with E-state index < -0.39 is 0 Å². The maximum atomic E-state index is 12.6. The second kappa shape index (κ2) is 7.69. The molecule has 1 fully saturated rings. The van der Waals surface area contributed by atoms with Crippen LogP contribution in [0, 0.1) is 6.92 Å². The summed E-state index contributed by atoms with van der Waals surface area (Å²) in [7, 11) is 0. The van der Waals surface area contributed by atoms with E-state index in [1.807, 2.05) is 31.2 Å². The smallest absolute Gasteiger partial charge is 0.259 e. The van der Waals surface area contributed by atoms with E-state index in [-0.39, 0.29) is 12.0 Å². The molecule has 1 saturated heterocycles. The number of para-hydroxylation sites is 1. The molecule has 0 bridgehead atoms. The van der Waals surface area contributed by atoms with Gasteiger partial charge < -0.3 is 14.8 Å². The molecule has 24 heavy (non-hydrogen) atoms. The van der Waals surface area contributed by atoms with Gasteiger partial charge in [-0.15, -0.1) is 0 Å².